The Morgan fingerprint density at radius 3 is 2.67 bits per heavy atom. The Hall–Kier alpha value is -1.55. The summed E-state index contributed by atoms with van der Waals surface area (Å²) >= 11 is 0. The molecular formula is C11H13NO3. The maximum atomic E-state index is 11.6. The third-order valence-corrected chi connectivity index (χ3v) is 2.42. The number of benzene rings is 1. The van der Waals surface area contributed by atoms with Gasteiger partial charge in [0.1, 0.15) is 12.0 Å². The van der Waals surface area contributed by atoms with Crippen LogP contribution in [-0.2, 0) is 4.74 Å². The number of likely N-dealkylation sites (tertiary alicyclic amines) is 1. The normalized spacial score (nSPS) is 19.5. The van der Waals surface area contributed by atoms with E-state index in [0.29, 0.717) is 12.3 Å². The molecule has 0 spiro atoms. The molecule has 1 aromatic rings. The molecule has 1 unspecified atom stereocenters. The van der Waals surface area contributed by atoms with Crippen LogP contribution in [0.2, 0.25) is 0 Å². The Labute approximate surface area is 88.4 Å². The number of rotatable bonds is 2. The molecule has 0 aromatic heterocycles. The molecule has 1 heterocycles. The molecule has 0 saturated carbocycles. The minimum absolute atomic E-state index is 0.124. The summed E-state index contributed by atoms with van der Waals surface area (Å²) in [6.07, 6.45) is 0.404. The molecule has 1 aromatic carbocycles. The number of para-hydroxylation sites is 1. The fourth-order valence-electron chi connectivity index (χ4n) is 1.47. The van der Waals surface area contributed by atoms with Gasteiger partial charge in [-0.2, -0.15) is 0 Å². The van der Waals surface area contributed by atoms with E-state index in [1.54, 1.807) is 24.1 Å². The number of nitrogens with zero attached hydrogens (tertiary/aromatic N) is 1. The molecule has 15 heavy (non-hydrogen) atoms. The minimum atomic E-state index is -0.348. The van der Waals surface area contributed by atoms with Crippen LogP contribution < -0.4 is 4.74 Å². The zero-order chi connectivity index (χ0) is 10.7. The van der Waals surface area contributed by atoms with Gasteiger partial charge in [0, 0.05) is 20.1 Å². The molecular weight excluding hydrogens is 194 g/mol. The van der Waals surface area contributed by atoms with E-state index in [1.807, 2.05) is 18.2 Å². The van der Waals surface area contributed by atoms with Crippen molar-refractivity contribution in [1.29, 1.82) is 0 Å². The Morgan fingerprint density at radius 2 is 2.13 bits per heavy atom. The Balaban J connectivity index is 1.93. The van der Waals surface area contributed by atoms with Crippen LogP contribution >= 0.6 is 0 Å². The van der Waals surface area contributed by atoms with Crippen LogP contribution in [0, 0.1) is 0 Å². The molecule has 4 heteroatoms. The molecule has 1 amide bonds. The van der Waals surface area contributed by atoms with Gasteiger partial charge >= 0.3 is 6.09 Å². The number of ether oxygens (including phenoxy) is 2. The first-order valence-electron chi connectivity index (χ1n) is 4.87. The van der Waals surface area contributed by atoms with Crippen molar-refractivity contribution >= 4 is 6.09 Å². The van der Waals surface area contributed by atoms with E-state index in [1.165, 1.54) is 0 Å². The van der Waals surface area contributed by atoms with Gasteiger partial charge in [-0.15, -0.1) is 0 Å². The number of hydrogen-bond donors (Lipinski definition) is 0. The highest BCUT2D eigenvalue weighted by molar-refractivity contribution is 5.71. The highest BCUT2D eigenvalue weighted by Crippen LogP contribution is 2.20. The molecule has 4 nitrogen and oxygen atoms in total. The van der Waals surface area contributed by atoms with Crippen molar-refractivity contribution in [3.05, 3.63) is 30.3 Å². The lowest BCUT2D eigenvalue weighted by Crippen LogP contribution is -2.53. The van der Waals surface area contributed by atoms with Gasteiger partial charge in [-0.25, -0.2) is 4.79 Å². The molecule has 0 bridgehead atoms. The second kappa shape index (κ2) is 4.31. The van der Waals surface area contributed by atoms with Crippen LogP contribution in [0.15, 0.2) is 30.3 Å². The third-order valence-electron chi connectivity index (χ3n) is 2.42. The summed E-state index contributed by atoms with van der Waals surface area (Å²) in [6, 6.07) is 9.02. The van der Waals surface area contributed by atoms with E-state index >= 15 is 0 Å². The summed E-state index contributed by atoms with van der Waals surface area (Å²) in [5, 5.41) is 0. The van der Waals surface area contributed by atoms with Crippen molar-refractivity contribution in [2.75, 3.05) is 13.7 Å². The van der Waals surface area contributed by atoms with Crippen LogP contribution in [0.25, 0.3) is 0 Å². The molecule has 0 N–H and O–H groups in total. The van der Waals surface area contributed by atoms with Crippen molar-refractivity contribution in [3.8, 4) is 5.75 Å². The third kappa shape index (κ3) is 2.10. The molecule has 1 aliphatic heterocycles. The maximum Gasteiger partial charge on any atom is 0.417 e. The lowest BCUT2D eigenvalue weighted by molar-refractivity contribution is -0.0806. The van der Waals surface area contributed by atoms with Crippen LogP contribution in [0.4, 0.5) is 4.79 Å². The number of hydrogen-bond acceptors (Lipinski definition) is 3. The lowest BCUT2D eigenvalue weighted by atomic mass is 10.2. The number of methoxy groups -OCH3 is 1. The summed E-state index contributed by atoms with van der Waals surface area (Å²) < 4.78 is 10.2. The van der Waals surface area contributed by atoms with Crippen LogP contribution in [-0.4, -0.2) is 30.9 Å². The van der Waals surface area contributed by atoms with Gasteiger partial charge in [0.2, 0.25) is 0 Å². The van der Waals surface area contributed by atoms with Crippen molar-refractivity contribution in [3.63, 3.8) is 0 Å². The SMILES string of the molecule is COC1CCN1C(=O)Oc1ccccc1. The monoisotopic (exact) mass is 207 g/mol. The topological polar surface area (TPSA) is 38.8 Å². The molecule has 80 valence electrons. The summed E-state index contributed by atoms with van der Waals surface area (Å²) in [6.45, 7) is 0.699. The zero-order valence-corrected chi connectivity index (χ0v) is 8.55. The fraction of sp³-hybridized carbons (Fsp3) is 0.364. The zero-order valence-electron chi connectivity index (χ0n) is 8.55. The standard InChI is InChI=1S/C11H13NO3/c1-14-10-7-8-12(10)11(13)15-9-5-3-2-4-6-9/h2-6,10H,7-8H2,1H3. The van der Waals surface area contributed by atoms with Crippen LogP contribution in [0.3, 0.4) is 0 Å². The molecule has 1 atom stereocenters. The smallest absolute Gasteiger partial charge is 0.410 e. The van der Waals surface area contributed by atoms with Gasteiger partial charge in [0.15, 0.2) is 0 Å². The van der Waals surface area contributed by atoms with Crippen LogP contribution in [0.1, 0.15) is 6.42 Å². The lowest BCUT2D eigenvalue weighted by Gasteiger charge is -2.38. The van der Waals surface area contributed by atoms with E-state index in [4.69, 9.17) is 9.47 Å². The average molecular weight is 207 g/mol. The highest BCUT2D eigenvalue weighted by Gasteiger charge is 2.33. The van der Waals surface area contributed by atoms with Gasteiger partial charge in [-0.3, -0.25) is 4.90 Å². The van der Waals surface area contributed by atoms with E-state index < -0.39 is 0 Å². The Bertz CT molecular complexity index is 337. The first-order chi connectivity index (χ1) is 7.31. The van der Waals surface area contributed by atoms with Crippen molar-refractivity contribution < 1.29 is 14.3 Å². The fourth-order valence-corrected chi connectivity index (χ4v) is 1.47. The van der Waals surface area contributed by atoms with Crippen molar-refractivity contribution in [2.24, 2.45) is 0 Å². The quantitative estimate of drug-likeness (QED) is 0.743. The molecule has 1 aliphatic rings. The largest absolute Gasteiger partial charge is 0.417 e. The second-order valence-corrected chi connectivity index (χ2v) is 3.35. The van der Waals surface area contributed by atoms with Gasteiger partial charge in [-0.05, 0) is 12.1 Å². The summed E-state index contributed by atoms with van der Waals surface area (Å²) in [7, 11) is 1.59. The second-order valence-electron chi connectivity index (χ2n) is 3.35. The maximum absolute atomic E-state index is 11.6. The number of carbonyl (C=O) groups is 1. The number of amides is 1. The first kappa shape index (κ1) is 9.98. The molecule has 1 saturated heterocycles. The summed E-state index contributed by atoms with van der Waals surface area (Å²) in [5.74, 6) is 0.559. The van der Waals surface area contributed by atoms with E-state index in [-0.39, 0.29) is 12.3 Å². The Morgan fingerprint density at radius 1 is 1.40 bits per heavy atom. The van der Waals surface area contributed by atoms with E-state index in [2.05, 4.69) is 0 Å². The van der Waals surface area contributed by atoms with Crippen molar-refractivity contribution in [1.82, 2.24) is 4.90 Å². The van der Waals surface area contributed by atoms with E-state index in [9.17, 15) is 4.79 Å². The molecule has 2 rings (SSSR count). The average Bonchev–Trinajstić information content (AvgIpc) is 2.18. The van der Waals surface area contributed by atoms with Gasteiger partial charge in [-0.1, -0.05) is 18.2 Å². The highest BCUT2D eigenvalue weighted by atomic mass is 16.6. The van der Waals surface area contributed by atoms with E-state index in [0.717, 1.165) is 6.42 Å². The predicted octanol–water partition coefficient (Wildman–Crippen LogP) is 1.86. The van der Waals surface area contributed by atoms with Crippen molar-refractivity contribution in [2.45, 2.75) is 12.6 Å². The molecule has 0 radical (unpaired) electrons. The molecule has 0 aliphatic carbocycles. The Kier molecular flexibility index (Phi) is 2.87. The first-order valence-corrected chi connectivity index (χ1v) is 4.87. The van der Waals surface area contributed by atoms with Crippen LogP contribution in [0.5, 0.6) is 5.75 Å². The van der Waals surface area contributed by atoms with Gasteiger partial charge < -0.3 is 9.47 Å². The van der Waals surface area contributed by atoms with Gasteiger partial charge in [0.05, 0.1) is 0 Å². The number of carbonyl (C=O) groups excluding carboxylic acids is 1. The summed E-state index contributed by atoms with van der Waals surface area (Å²) in [5.41, 5.74) is 0. The minimum Gasteiger partial charge on any atom is -0.410 e. The predicted molar refractivity (Wildman–Crippen MR) is 54.6 cm³/mol. The summed E-state index contributed by atoms with van der Waals surface area (Å²) in [4.78, 5) is 13.2. The van der Waals surface area contributed by atoms with Gasteiger partial charge in [0.25, 0.3) is 0 Å². The molecule has 1 fully saturated rings.